The molecule has 98 valence electrons. The zero-order chi connectivity index (χ0) is 12.0. The normalized spacial score (nSPS) is 32.3. The Balaban J connectivity index is 1.52. The second-order valence-electron chi connectivity index (χ2n) is 6.16. The number of anilines is 1. The van der Waals surface area contributed by atoms with Crippen LogP contribution in [-0.2, 0) is 0 Å². The van der Waals surface area contributed by atoms with E-state index in [4.69, 9.17) is 4.52 Å². The van der Waals surface area contributed by atoms with E-state index in [2.05, 4.69) is 20.4 Å². The minimum absolute atomic E-state index is 0.457. The number of hydrogen-bond acceptors (Lipinski definition) is 5. The summed E-state index contributed by atoms with van der Waals surface area (Å²) in [6.07, 6.45) is 6.31. The van der Waals surface area contributed by atoms with Crippen molar-refractivity contribution in [3.8, 4) is 0 Å². The Labute approximate surface area is 107 Å². The fourth-order valence-corrected chi connectivity index (χ4v) is 3.37. The van der Waals surface area contributed by atoms with Gasteiger partial charge in [-0.3, -0.25) is 0 Å². The van der Waals surface area contributed by atoms with Crippen LogP contribution in [0.5, 0.6) is 0 Å². The summed E-state index contributed by atoms with van der Waals surface area (Å²) >= 11 is 0. The van der Waals surface area contributed by atoms with Crippen LogP contribution in [0.2, 0.25) is 0 Å². The minimum atomic E-state index is 0.457. The third kappa shape index (κ3) is 1.81. The largest absolute Gasteiger partial charge is 0.338 e. The summed E-state index contributed by atoms with van der Waals surface area (Å²) in [5, 5.41) is 7.67. The first-order valence-corrected chi connectivity index (χ1v) is 7.14. The van der Waals surface area contributed by atoms with E-state index in [0.717, 1.165) is 38.0 Å². The smallest absolute Gasteiger partial charge is 0.266 e. The Hall–Kier alpha value is -1.10. The van der Waals surface area contributed by atoms with Gasteiger partial charge in [0.2, 0.25) is 5.89 Å². The molecule has 3 fully saturated rings. The zero-order valence-corrected chi connectivity index (χ0v) is 10.7. The topological polar surface area (TPSA) is 54.2 Å². The highest BCUT2D eigenvalue weighted by molar-refractivity contribution is 5.31. The summed E-state index contributed by atoms with van der Waals surface area (Å²) in [4.78, 5) is 6.90. The molecule has 1 aromatic rings. The molecule has 1 spiro atoms. The van der Waals surface area contributed by atoms with E-state index in [1.807, 2.05) is 0 Å². The molecule has 2 saturated heterocycles. The predicted molar refractivity (Wildman–Crippen MR) is 67.6 cm³/mol. The van der Waals surface area contributed by atoms with Gasteiger partial charge in [0, 0.05) is 31.0 Å². The van der Waals surface area contributed by atoms with Crippen molar-refractivity contribution in [2.45, 2.75) is 38.0 Å². The van der Waals surface area contributed by atoms with E-state index < -0.39 is 0 Å². The van der Waals surface area contributed by atoms with Crippen molar-refractivity contribution in [2.24, 2.45) is 5.41 Å². The Morgan fingerprint density at radius 2 is 2.28 bits per heavy atom. The Kier molecular flexibility index (Phi) is 2.37. The predicted octanol–water partition coefficient (Wildman–Crippen LogP) is 1.53. The molecule has 5 heteroatoms. The maximum Gasteiger partial charge on any atom is 0.266 e. The fraction of sp³-hybridized carbons (Fsp3) is 0.846. The SMILES string of the molecule is C1CN(c2noc(C3CC3)n2)C[C@@]2(C1)CCNC2. The molecule has 1 N–H and O–H groups in total. The third-order valence-corrected chi connectivity index (χ3v) is 4.63. The molecule has 0 unspecified atom stereocenters. The van der Waals surface area contributed by atoms with Crippen molar-refractivity contribution in [2.75, 3.05) is 31.1 Å². The molecule has 4 rings (SSSR count). The van der Waals surface area contributed by atoms with Crippen LogP contribution >= 0.6 is 0 Å². The van der Waals surface area contributed by atoms with Crippen LogP contribution in [-0.4, -0.2) is 36.3 Å². The van der Waals surface area contributed by atoms with Gasteiger partial charge in [0.25, 0.3) is 5.95 Å². The number of hydrogen-bond donors (Lipinski definition) is 1. The van der Waals surface area contributed by atoms with E-state index in [0.29, 0.717) is 11.3 Å². The van der Waals surface area contributed by atoms with Crippen molar-refractivity contribution in [1.29, 1.82) is 0 Å². The van der Waals surface area contributed by atoms with Crippen molar-refractivity contribution < 1.29 is 4.52 Å². The zero-order valence-electron chi connectivity index (χ0n) is 10.7. The van der Waals surface area contributed by atoms with Gasteiger partial charge >= 0.3 is 0 Å². The van der Waals surface area contributed by atoms with Crippen LogP contribution in [0, 0.1) is 5.41 Å². The van der Waals surface area contributed by atoms with Crippen molar-refractivity contribution in [3.63, 3.8) is 0 Å². The summed E-state index contributed by atoms with van der Waals surface area (Å²) in [5.74, 6) is 2.23. The summed E-state index contributed by atoms with van der Waals surface area (Å²) in [6, 6.07) is 0. The highest BCUT2D eigenvalue weighted by Gasteiger charge is 2.39. The Bertz CT molecular complexity index is 434. The number of nitrogens with zero attached hydrogens (tertiary/aromatic N) is 3. The van der Waals surface area contributed by atoms with Gasteiger partial charge in [-0.15, -0.1) is 0 Å². The van der Waals surface area contributed by atoms with Crippen molar-refractivity contribution in [3.05, 3.63) is 5.89 Å². The van der Waals surface area contributed by atoms with Crippen LogP contribution in [0.25, 0.3) is 0 Å². The summed E-state index contributed by atoms with van der Waals surface area (Å²) in [6.45, 7) is 4.47. The number of aromatic nitrogens is 2. The molecular formula is C13H20N4O. The first kappa shape index (κ1) is 10.8. The van der Waals surface area contributed by atoms with Gasteiger partial charge < -0.3 is 14.7 Å². The van der Waals surface area contributed by atoms with Crippen LogP contribution in [0.3, 0.4) is 0 Å². The Morgan fingerprint density at radius 1 is 1.33 bits per heavy atom. The van der Waals surface area contributed by atoms with Gasteiger partial charge in [0.05, 0.1) is 0 Å². The van der Waals surface area contributed by atoms with Gasteiger partial charge in [-0.05, 0) is 43.8 Å². The molecule has 0 aromatic carbocycles. The van der Waals surface area contributed by atoms with E-state index in [1.54, 1.807) is 0 Å². The van der Waals surface area contributed by atoms with E-state index >= 15 is 0 Å². The molecular weight excluding hydrogens is 228 g/mol. The van der Waals surface area contributed by atoms with Crippen LogP contribution < -0.4 is 10.2 Å². The van der Waals surface area contributed by atoms with Crippen molar-refractivity contribution in [1.82, 2.24) is 15.5 Å². The molecule has 3 heterocycles. The molecule has 5 nitrogen and oxygen atoms in total. The Morgan fingerprint density at radius 3 is 3.06 bits per heavy atom. The molecule has 0 bridgehead atoms. The first-order chi connectivity index (χ1) is 8.85. The molecule has 0 radical (unpaired) electrons. The highest BCUT2D eigenvalue weighted by atomic mass is 16.5. The van der Waals surface area contributed by atoms with Crippen LogP contribution in [0.4, 0.5) is 5.95 Å². The lowest BCUT2D eigenvalue weighted by Gasteiger charge is -2.39. The standard InChI is InChI=1S/C13H20N4O/c1-4-13(5-6-14-8-13)9-17(7-1)12-15-11(18-16-12)10-2-3-10/h10,14H,1-9H2/t13-/m0/s1. The lowest BCUT2D eigenvalue weighted by atomic mass is 9.79. The maximum atomic E-state index is 5.37. The van der Waals surface area contributed by atoms with E-state index in [9.17, 15) is 0 Å². The van der Waals surface area contributed by atoms with Crippen molar-refractivity contribution >= 4 is 5.95 Å². The fourth-order valence-electron chi connectivity index (χ4n) is 3.37. The molecule has 2 aliphatic heterocycles. The number of piperidine rings is 1. The summed E-state index contributed by atoms with van der Waals surface area (Å²) in [7, 11) is 0. The molecule has 18 heavy (non-hydrogen) atoms. The van der Waals surface area contributed by atoms with Crippen LogP contribution in [0.1, 0.15) is 43.9 Å². The molecule has 1 saturated carbocycles. The highest BCUT2D eigenvalue weighted by Crippen LogP contribution is 2.40. The number of nitrogens with one attached hydrogen (secondary N) is 1. The van der Waals surface area contributed by atoms with E-state index in [1.165, 1.54) is 32.1 Å². The minimum Gasteiger partial charge on any atom is -0.338 e. The monoisotopic (exact) mass is 248 g/mol. The van der Waals surface area contributed by atoms with Gasteiger partial charge in [-0.2, -0.15) is 4.98 Å². The second kappa shape index (κ2) is 3.95. The molecule has 3 aliphatic rings. The van der Waals surface area contributed by atoms with Gasteiger partial charge in [-0.25, -0.2) is 0 Å². The molecule has 1 atom stereocenters. The molecule has 1 aromatic heterocycles. The molecule has 0 amide bonds. The number of rotatable bonds is 2. The molecule has 1 aliphatic carbocycles. The summed E-state index contributed by atoms with van der Waals surface area (Å²) < 4.78 is 5.37. The lowest BCUT2D eigenvalue weighted by Crippen LogP contribution is -2.45. The quantitative estimate of drug-likeness (QED) is 0.860. The average Bonchev–Trinajstić information content (AvgIpc) is 2.96. The van der Waals surface area contributed by atoms with Gasteiger partial charge in [0.15, 0.2) is 0 Å². The average molecular weight is 248 g/mol. The third-order valence-electron chi connectivity index (χ3n) is 4.63. The summed E-state index contributed by atoms with van der Waals surface area (Å²) in [5.41, 5.74) is 0.457. The van der Waals surface area contributed by atoms with Gasteiger partial charge in [0.1, 0.15) is 0 Å². The maximum absolute atomic E-state index is 5.37. The second-order valence-corrected chi connectivity index (χ2v) is 6.16. The van der Waals surface area contributed by atoms with Gasteiger partial charge in [-0.1, -0.05) is 0 Å². The first-order valence-electron chi connectivity index (χ1n) is 7.14. The van der Waals surface area contributed by atoms with Crippen LogP contribution in [0.15, 0.2) is 4.52 Å². The lowest BCUT2D eigenvalue weighted by molar-refractivity contribution is 0.257. The van der Waals surface area contributed by atoms with E-state index in [-0.39, 0.29) is 0 Å².